The van der Waals surface area contributed by atoms with Crippen molar-refractivity contribution in [2.45, 2.75) is 10.9 Å². The molecule has 0 saturated carbocycles. The second-order valence-electron chi connectivity index (χ2n) is 4.94. The second kappa shape index (κ2) is 5.45. The summed E-state index contributed by atoms with van der Waals surface area (Å²) in [7, 11) is 4.90. The molecule has 3 aromatic rings. The highest BCUT2D eigenvalue weighted by molar-refractivity contribution is 7.98. The van der Waals surface area contributed by atoms with Crippen molar-refractivity contribution in [3.63, 3.8) is 0 Å². The van der Waals surface area contributed by atoms with Gasteiger partial charge < -0.3 is 4.57 Å². The van der Waals surface area contributed by atoms with Crippen LogP contribution >= 0.6 is 11.8 Å². The van der Waals surface area contributed by atoms with Crippen molar-refractivity contribution in [3.8, 4) is 0 Å². The maximum atomic E-state index is 12.2. The smallest absolute Gasteiger partial charge is 0.308 e. The Hall–Kier alpha value is -2.35. The highest BCUT2D eigenvalue weighted by atomic mass is 32.2. The van der Waals surface area contributed by atoms with Gasteiger partial charge in [-0.3, -0.25) is 18.9 Å². The molecule has 7 nitrogen and oxygen atoms in total. The maximum absolute atomic E-state index is 12.2. The van der Waals surface area contributed by atoms with Gasteiger partial charge in [0, 0.05) is 33.1 Å². The zero-order valence-electron chi connectivity index (χ0n) is 12.5. The van der Waals surface area contributed by atoms with Crippen LogP contribution in [0.1, 0.15) is 5.69 Å². The van der Waals surface area contributed by atoms with Gasteiger partial charge in [-0.2, -0.15) is 0 Å². The predicted molar refractivity (Wildman–Crippen MR) is 85.0 cm³/mol. The van der Waals surface area contributed by atoms with Gasteiger partial charge in [-0.25, -0.2) is 9.78 Å². The molecule has 8 heteroatoms. The van der Waals surface area contributed by atoms with Crippen LogP contribution in [0.15, 0.2) is 39.1 Å². The topological polar surface area (TPSA) is 74.7 Å². The molecule has 3 rings (SSSR count). The number of hydrogen-bond acceptors (Lipinski definition) is 5. The van der Waals surface area contributed by atoms with Gasteiger partial charge in [-0.1, -0.05) is 17.8 Å². The Morgan fingerprint density at radius 2 is 1.86 bits per heavy atom. The van der Waals surface area contributed by atoms with E-state index in [-0.39, 0.29) is 11.2 Å². The molecule has 0 bridgehead atoms. The Balaban J connectivity index is 2.07. The van der Waals surface area contributed by atoms with E-state index < -0.39 is 0 Å². The van der Waals surface area contributed by atoms with Crippen LogP contribution in [0.4, 0.5) is 0 Å². The Labute approximate surface area is 130 Å². The van der Waals surface area contributed by atoms with Crippen molar-refractivity contribution >= 4 is 22.9 Å². The number of nitrogens with zero attached hydrogens (tertiary/aromatic N) is 5. The Bertz CT molecular complexity index is 955. The lowest BCUT2D eigenvalue weighted by Gasteiger charge is -2.05. The van der Waals surface area contributed by atoms with Crippen LogP contribution in [-0.2, 0) is 26.9 Å². The fourth-order valence-electron chi connectivity index (χ4n) is 2.31. The fourth-order valence-corrected chi connectivity index (χ4v) is 3.19. The summed E-state index contributed by atoms with van der Waals surface area (Å²) in [5.74, 6) is 0.645. The van der Waals surface area contributed by atoms with Crippen molar-refractivity contribution in [2.24, 2.45) is 21.1 Å². The minimum atomic E-state index is -0.376. The first-order chi connectivity index (χ1) is 10.5. The number of aryl methyl sites for hydroxylation is 2. The van der Waals surface area contributed by atoms with Crippen LogP contribution in [0, 0.1) is 0 Å². The molecule has 0 atom stereocenters. The molecule has 0 spiro atoms. The SMILES string of the molecule is Cn1c(=O)c2nc(SCc3ccccn3)n(C)c2n(C)c1=O. The fraction of sp³-hybridized carbons (Fsp3) is 0.286. The van der Waals surface area contributed by atoms with E-state index in [0.29, 0.717) is 22.1 Å². The third kappa shape index (κ3) is 2.25. The van der Waals surface area contributed by atoms with Crippen LogP contribution in [0.25, 0.3) is 11.2 Å². The molecule has 0 aliphatic carbocycles. The van der Waals surface area contributed by atoms with Crippen molar-refractivity contribution in [1.82, 2.24) is 23.7 Å². The molecule has 0 N–H and O–H groups in total. The third-order valence-electron chi connectivity index (χ3n) is 3.50. The molecule has 0 aliphatic heterocycles. The van der Waals surface area contributed by atoms with Crippen LogP contribution in [0.5, 0.6) is 0 Å². The van der Waals surface area contributed by atoms with E-state index in [2.05, 4.69) is 9.97 Å². The van der Waals surface area contributed by atoms with Crippen LogP contribution in [0.3, 0.4) is 0 Å². The third-order valence-corrected chi connectivity index (χ3v) is 4.56. The number of pyridine rings is 1. The molecular weight excluding hydrogens is 302 g/mol. The van der Waals surface area contributed by atoms with E-state index in [1.807, 2.05) is 18.2 Å². The van der Waals surface area contributed by atoms with Gasteiger partial charge in [0.2, 0.25) is 0 Å². The molecule has 0 aliphatic rings. The normalized spacial score (nSPS) is 11.2. The summed E-state index contributed by atoms with van der Waals surface area (Å²) < 4.78 is 4.28. The lowest BCUT2D eigenvalue weighted by Crippen LogP contribution is -2.37. The second-order valence-corrected chi connectivity index (χ2v) is 5.88. The van der Waals surface area contributed by atoms with Crippen molar-refractivity contribution in [2.75, 3.05) is 0 Å². The highest BCUT2D eigenvalue weighted by Gasteiger charge is 2.17. The zero-order valence-corrected chi connectivity index (χ0v) is 13.3. The summed E-state index contributed by atoms with van der Waals surface area (Å²) >= 11 is 1.48. The summed E-state index contributed by atoms with van der Waals surface area (Å²) in [6, 6.07) is 5.73. The summed E-state index contributed by atoms with van der Waals surface area (Å²) in [4.78, 5) is 32.9. The lowest BCUT2D eigenvalue weighted by atomic mass is 10.4. The minimum absolute atomic E-state index is 0.302. The standard InChI is InChI=1S/C14H15N5O2S/c1-17-11-10(12(20)19(3)14(21)18(11)2)16-13(17)22-8-9-6-4-5-7-15-9/h4-7H,8H2,1-3H3. The van der Waals surface area contributed by atoms with Gasteiger partial charge in [-0.05, 0) is 12.1 Å². The first-order valence-electron chi connectivity index (χ1n) is 6.66. The van der Waals surface area contributed by atoms with Crippen LogP contribution in [0.2, 0.25) is 0 Å². The van der Waals surface area contributed by atoms with Crippen molar-refractivity contribution < 1.29 is 0 Å². The van der Waals surface area contributed by atoms with Crippen LogP contribution < -0.4 is 11.2 Å². The summed E-state index contributed by atoms with van der Waals surface area (Å²) in [5.41, 5.74) is 1.02. The summed E-state index contributed by atoms with van der Waals surface area (Å²) in [5, 5.41) is 0.680. The summed E-state index contributed by atoms with van der Waals surface area (Å²) in [6.07, 6.45) is 1.74. The molecule has 0 amide bonds. The Kier molecular flexibility index (Phi) is 3.61. The number of aromatic nitrogens is 5. The van der Waals surface area contributed by atoms with E-state index in [0.717, 1.165) is 10.3 Å². The predicted octanol–water partition coefficient (Wildman–Crippen LogP) is 0.658. The number of hydrogen-bond donors (Lipinski definition) is 0. The average Bonchev–Trinajstić information content (AvgIpc) is 2.87. The van der Waals surface area contributed by atoms with Crippen LogP contribution in [-0.4, -0.2) is 23.7 Å². The quantitative estimate of drug-likeness (QED) is 0.663. The van der Waals surface area contributed by atoms with Gasteiger partial charge in [-0.15, -0.1) is 0 Å². The molecule has 22 heavy (non-hydrogen) atoms. The Morgan fingerprint density at radius 1 is 1.09 bits per heavy atom. The largest absolute Gasteiger partial charge is 0.332 e. The van der Waals surface area contributed by atoms with E-state index in [4.69, 9.17) is 0 Å². The molecule has 0 radical (unpaired) electrons. The number of fused-ring (bicyclic) bond motifs is 1. The molecule has 3 heterocycles. The van der Waals surface area contributed by atoms with Gasteiger partial charge in [0.05, 0.1) is 5.69 Å². The van der Waals surface area contributed by atoms with E-state index in [9.17, 15) is 9.59 Å². The zero-order chi connectivity index (χ0) is 15.9. The van der Waals surface area contributed by atoms with Gasteiger partial charge in [0.1, 0.15) is 0 Å². The molecule has 0 unspecified atom stereocenters. The van der Waals surface area contributed by atoms with Gasteiger partial charge in [0.25, 0.3) is 5.56 Å². The van der Waals surface area contributed by atoms with Gasteiger partial charge in [0.15, 0.2) is 16.3 Å². The molecule has 0 aromatic carbocycles. The molecule has 3 aromatic heterocycles. The van der Waals surface area contributed by atoms with E-state index in [1.54, 1.807) is 24.9 Å². The Morgan fingerprint density at radius 3 is 2.55 bits per heavy atom. The highest BCUT2D eigenvalue weighted by Crippen LogP contribution is 2.23. The molecular formula is C14H15N5O2S. The average molecular weight is 317 g/mol. The van der Waals surface area contributed by atoms with E-state index >= 15 is 0 Å². The number of rotatable bonds is 3. The molecule has 0 fully saturated rings. The number of imidazole rings is 1. The minimum Gasteiger partial charge on any atom is -0.308 e. The van der Waals surface area contributed by atoms with Gasteiger partial charge >= 0.3 is 5.69 Å². The molecule has 0 saturated heterocycles. The first-order valence-corrected chi connectivity index (χ1v) is 7.64. The maximum Gasteiger partial charge on any atom is 0.332 e. The molecule has 114 valence electrons. The first kappa shape index (κ1) is 14.6. The van der Waals surface area contributed by atoms with Crippen molar-refractivity contribution in [1.29, 1.82) is 0 Å². The number of thioether (sulfide) groups is 1. The monoisotopic (exact) mass is 317 g/mol. The van der Waals surface area contributed by atoms with E-state index in [1.165, 1.54) is 23.4 Å². The summed E-state index contributed by atoms with van der Waals surface area (Å²) in [6.45, 7) is 0. The lowest BCUT2D eigenvalue weighted by molar-refractivity contribution is 0.690. The van der Waals surface area contributed by atoms with Crippen molar-refractivity contribution in [3.05, 3.63) is 50.9 Å².